The van der Waals surface area contributed by atoms with Crippen molar-refractivity contribution in [3.8, 4) is 0 Å². The van der Waals surface area contributed by atoms with Crippen molar-refractivity contribution in [1.82, 2.24) is 4.90 Å². The highest BCUT2D eigenvalue weighted by molar-refractivity contribution is 6.58. The first-order valence-electron chi connectivity index (χ1n) is 6.49. The second kappa shape index (κ2) is 6.48. The van der Waals surface area contributed by atoms with Crippen LogP contribution >= 0.6 is 0 Å². The Morgan fingerprint density at radius 2 is 2.05 bits per heavy atom. The first kappa shape index (κ1) is 14.5. The van der Waals surface area contributed by atoms with E-state index in [9.17, 15) is 4.39 Å². The smallest absolute Gasteiger partial charge is 0.423 e. The summed E-state index contributed by atoms with van der Waals surface area (Å²) in [4.78, 5) is 2.26. The maximum absolute atomic E-state index is 13.3. The predicted octanol–water partition coefficient (Wildman–Crippen LogP) is 0.116. The van der Waals surface area contributed by atoms with Gasteiger partial charge in [0.05, 0.1) is 6.10 Å². The molecule has 2 rings (SSSR count). The van der Waals surface area contributed by atoms with Crippen molar-refractivity contribution in [2.75, 3.05) is 20.2 Å². The number of halogens is 1. The minimum atomic E-state index is -1.76. The molecule has 0 saturated carbocycles. The van der Waals surface area contributed by atoms with Crippen LogP contribution in [-0.4, -0.2) is 48.4 Å². The number of rotatable bonds is 4. The third kappa shape index (κ3) is 3.76. The van der Waals surface area contributed by atoms with Crippen LogP contribution in [0, 0.1) is 5.82 Å². The Hall–Kier alpha value is -0.945. The predicted molar refractivity (Wildman–Crippen MR) is 71.5 cm³/mol. The highest BCUT2D eigenvalue weighted by Crippen LogP contribution is 2.15. The highest BCUT2D eigenvalue weighted by Gasteiger charge is 2.20. The van der Waals surface area contributed by atoms with Crippen LogP contribution in [0.25, 0.3) is 0 Å². The van der Waals surface area contributed by atoms with Crippen molar-refractivity contribution in [2.24, 2.45) is 0 Å². The molecule has 1 aromatic rings. The van der Waals surface area contributed by atoms with Crippen molar-refractivity contribution in [1.29, 1.82) is 0 Å². The zero-order chi connectivity index (χ0) is 13.8. The zero-order valence-corrected chi connectivity index (χ0v) is 11.1. The number of ether oxygens (including phenoxy) is 1. The van der Waals surface area contributed by atoms with Gasteiger partial charge < -0.3 is 14.8 Å². The van der Waals surface area contributed by atoms with Gasteiger partial charge in [-0.15, -0.1) is 0 Å². The number of benzene rings is 1. The topological polar surface area (TPSA) is 52.9 Å². The first-order valence-corrected chi connectivity index (χ1v) is 6.49. The fourth-order valence-electron chi connectivity index (χ4n) is 2.45. The van der Waals surface area contributed by atoms with E-state index >= 15 is 0 Å². The fourth-order valence-corrected chi connectivity index (χ4v) is 2.45. The Bertz CT molecular complexity index is 422. The van der Waals surface area contributed by atoms with Gasteiger partial charge in [0.2, 0.25) is 0 Å². The molecule has 6 heteroatoms. The SMILES string of the molecule is COC1CCN(Cc2ccc(F)c(B(O)O)c2)CC1. The summed E-state index contributed by atoms with van der Waals surface area (Å²) in [5.74, 6) is -0.586. The minimum Gasteiger partial charge on any atom is -0.423 e. The van der Waals surface area contributed by atoms with Gasteiger partial charge in [0, 0.05) is 32.2 Å². The quantitative estimate of drug-likeness (QED) is 0.761. The molecule has 1 aliphatic heterocycles. The monoisotopic (exact) mass is 267 g/mol. The van der Waals surface area contributed by atoms with Gasteiger partial charge in [-0.1, -0.05) is 12.1 Å². The normalized spacial score (nSPS) is 17.7. The van der Waals surface area contributed by atoms with E-state index in [4.69, 9.17) is 14.8 Å². The molecule has 1 heterocycles. The summed E-state index contributed by atoms with van der Waals surface area (Å²) in [6, 6.07) is 4.48. The van der Waals surface area contributed by atoms with Gasteiger partial charge in [0.1, 0.15) is 5.82 Å². The Morgan fingerprint density at radius 3 is 2.63 bits per heavy atom. The molecule has 0 unspecified atom stereocenters. The van der Waals surface area contributed by atoms with Gasteiger partial charge in [-0.25, -0.2) is 4.39 Å². The molecule has 1 aliphatic rings. The van der Waals surface area contributed by atoms with E-state index in [1.54, 1.807) is 13.2 Å². The van der Waals surface area contributed by atoms with Gasteiger partial charge in [-0.2, -0.15) is 0 Å². The van der Waals surface area contributed by atoms with Gasteiger partial charge in [-0.05, 0) is 24.5 Å². The fraction of sp³-hybridized carbons (Fsp3) is 0.538. The van der Waals surface area contributed by atoms with E-state index < -0.39 is 12.9 Å². The van der Waals surface area contributed by atoms with Crippen LogP contribution in [0.5, 0.6) is 0 Å². The van der Waals surface area contributed by atoms with E-state index in [1.807, 2.05) is 0 Å². The van der Waals surface area contributed by atoms with Crippen molar-refractivity contribution in [3.63, 3.8) is 0 Å². The molecule has 2 N–H and O–H groups in total. The Labute approximate surface area is 113 Å². The minimum absolute atomic E-state index is 0.0655. The van der Waals surface area contributed by atoms with Crippen LogP contribution in [0.1, 0.15) is 18.4 Å². The average Bonchev–Trinajstić information content (AvgIpc) is 2.41. The number of hydrogen-bond acceptors (Lipinski definition) is 4. The van der Waals surface area contributed by atoms with E-state index in [0.29, 0.717) is 12.6 Å². The molecular formula is C13H19BFNO3. The Balaban J connectivity index is 1.98. The lowest BCUT2D eigenvalue weighted by atomic mass is 9.79. The molecule has 0 amide bonds. The van der Waals surface area contributed by atoms with Crippen LogP contribution in [0.4, 0.5) is 4.39 Å². The number of piperidine rings is 1. The molecule has 1 saturated heterocycles. The second-order valence-electron chi connectivity index (χ2n) is 4.94. The summed E-state index contributed by atoms with van der Waals surface area (Å²) in [6.07, 6.45) is 2.32. The molecule has 0 bridgehead atoms. The lowest BCUT2D eigenvalue weighted by Gasteiger charge is -2.31. The third-order valence-corrected chi connectivity index (χ3v) is 3.61. The molecule has 19 heavy (non-hydrogen) atoms. The molecule has 0 aromatic heterocycles. The van der Waals surface area contributed by atoms with Gasteiger partial charge in [0.25, 0.3) is 0 Å². The summed E-state index contributed by atoms with van der Waals surface area (Å²) < 4.78 is 18.7. The Kier molecular flexibility index (Phi) is 4.93. The molecule has 1 aromatic carbocycles. The van der Waals surface area contributed by atoms with Crippen molar-refractivity contribution in [3.05, 3.63) is 29.6 Å². The molecule has 0 aliphatic carbocycles. The molecular weight excluding hydrogens is 248 g/mol. The summed E-state index contributed by atoms with van der Waals surface area (Å²) in [6.45, 7) is 2.57. The largest absolute Gasteiger partial charge is 0.491 e. The maximum Gasteiger partial charge on any atom is 0.491 e. The standard InChI is InChI=1S/C13H19BFNO3/c1-19-11-4-6-16(7-5-11)9-10-2-3-13(15)12(8-10)14(17)18/h2-3,8,11,17-18H,4-7,9H2,1H3. The van der Waals surface area contributed by atoms with E-state index in [2.05, 4.69) is 4.90 Å². The van der Waals surface area contributed by atoms with Crippen molar-refractivity contribution in [2.45, 2.75) is 25.5 Å². The van der Waals surface area contributed by atoms with Crippen molar-refractivity contribution >= 4 is 12.6 Å². The lowest BCUT2D eigenvalue weighted by Crippen LogP contribution is -2.37. The first-order chi connectivity index (χ1) is 9.10. The number of likely N-dealkylation sites (tertiary alicyclic amines) is 1. The van der Waals surface area contributed by atoms with E-state index in [-0.39, 0.29) is 5.46 Å². The maximum atomic E-state index is 13.3. The Morgan fingerprint density at radius 1 is 1.37 bits per heavy atom. The van der Waals surface area contributed by atoms with Gasteiger partial charge in [0.15, 0.2) is 0 Å². The summed E-state index contributed by atoms with van der Waals surface area (Å²) in [7, 11) is -0.0333. The van der Waals surface area contributed by atoms with Crippen LogP contribution in [0.15, 0.2) is 18.2 Å². The lowest BCUT2D eigenvalue weighted by molar-refractivity contribution is 0.0389. The van der Waals surface area contributed by atoms with Crippen LogP contribution in [-0.2, 0) is 11.3 Å². The number of hydrogen-bond donors (Lipinski definition) is 2. The number of methoxy groups -OCH3 is 1. The molecule has 0 spiro atoms. The van der Waals surface area contributed by atoms with Gasteiger partial charge >= 0.3 is 7.12 Å². The molecule has 1 fully saturated rings. The zero-order valence-electron chi connectivity index (χ0n) is 11.1. The molecule has 104 valence electrons. The van der Waals surface area contributed by atoms with Crippen LogP contribution in [0.2, 0.25) is 0 Å². The summed E-state index contributed by atoms with van der Waals surface area (Å²) in [5, 5.41) is 18.2. The van der Waals surface area contributed by atoms with Crippen LogP contribution in [0.3, 0.4) is 0 Å². The highest BCUT2D eigenvalue weighted by atomic mass is 19.1. The summed E-state index contributed by atoms with van der Waals surface area (Å²) in [5.41, 5.74) is 0.824. The molecule has 4 nitrogen and oxygen atoms in total. The second-order valence-corrected chi connectivity index (χ2v) is 4.94. The number of nitrogens with zero attached hydrogens (tertiary/aromatic N) is 1. The van der Waals surface area contributed by atoms with E-state index in [1.165, 1.54) is 12.1 Å². The molecule has 0 radical (unpaired) electrons. The van der Waals surface area contributed by atoms with E-state index in [0.717, 1.165) is 31.5 Å². The molecule has 0 atom stereocenters. The van der Waals surface area contributed by atoms with Gasteiger partial charge in [-0.3, -0.25) is 4.90 Å². The average molecular weight is 267 g/mol. The van der Waals surface area contributed by atoms with Crippen LogP contribution < -0.4 is 5.46 Å². The third-order valence-electron chi connectivity index (χ3n) is 3.61. The summed E-state index contributed by atoms with van der Waals surface area (Å²) >= 11 is 0. The van der Waals surface area contributed by atoms with Crippen molar-refractivity contribution < 1.29 is 19.2 Å².